The van der Waals surface area contributed by atoms with Crippen LogP contribution in [0.3, 0.4) is 0 Å². The van der Waals surface area contributed by atoms with Crippen molar-refractivity contribution >= 4 is 39.5 Å². The lowest BCUT2D eigenvalue weighted by Crippen LogP contribution is -2.19. The van der Waals surface area contributed by atoms with E-state index in [1.165, 1.54) is 0 Å². The highest BCUT2D eigenvalue weighted by Gasteiger charge is 2.21. The number of amides is 3. The van der Waals surface area contributed by atoms with E-state index in [-0.39, 0.29) is 24.3 Å². The van der Waals surface area contributed by atoms with Crippen LogP contribution in [0.5, 0.6) is 5.75 Å². The number of nitrogens with one attached hydrogen (secondary N) is 1. The van der Waals surface area contributed by atoms with E-state index in [0.29, 0.717) is 22.4 Å². The predicted octanol–water partition coefficient (Wildman–Crippen LogP) is 3.63. The number of hydrogen-bond acceptors (Lipinski definition) is 5. The van der Waals surface area contributed by atoms with Crippen molar-refractivity contribution in [1.82, 2.24) is 0 Å². The maximum Gasteiger partial charge on any atom is 0.316 e. The van der Waals surface area contributed by atoms with Crippen LogP contribution in [0.2, 0.25) is 0 Å². The molecule has 0 atom stereocenters. The molecule has 0 heterocycles. The average molecular weight is 497 g/mol. The Morgan fingerprint density at radius 3 is 2.06 bits per heavy atom. The van der Waals surface area contributed by atoms with Gasteiger partial charge in [-0.1, -0.05) is 40.2 Å². The van der Waals surface area contributed by atoms with Gasteiger partial charge in [-0.15, -0.1) is 0 Å². The minimum absolute atomic E-state index is 0.0203. The van der Waals surface area contributed by atoms with Gasteiger partial charge in [-0.25, -0.2) is 4.79 Å². The van der Waals surface area contributed by atoms with Crippen molar-refractivity contribution in [2.45, 2.75) is 6.42 Å². The molecule has 0 saturated heterocycles. The third-order valence-electron chi connectivity index (χ3n) is 4.56. The third-order valence-corrected chi connectivity index (χ3v) is 5.09. The van der Waals surface area contributed by atoms with Crippen LogP contribution < -0.4 is 27.3 Å². The third kappa shape index (κ3) is 5.51. The predicted molar refractivity (Wildman–Crippen MR) is 126 cm³/mol. The number of benzene rings is 3. The number of carbonyl (C=O) groups is 3. The highest BCUT2D eigenvalue weighted by molar-refractivity contribution is 9.10. The first kappa shape index (κ1) is 23.0. The van der Waals surface area contributed by atoms with Crippen molar-refractivity contribution in [3.63, 3.8) is 0 Å². The molecule has 0 spiro atoms. The van der Waals surface area contributed by atoms with Crippen molar-refractivity contribution < 1.29 is 19.1 Å². The first-order chi connectivity index (χ1) is 15.3. The van der Waals surface area contributed by atoms with Crippen molar-refractivity contribution in [3.8, 4) is 28.0 Å². The lowest BCUT2D eigenvalue weighted by molar-refractivity contribution is -0.134. The molecule has 0 aliphatic heterocycles. The van der Waals surface area contributed by atoms with E-state index in [4.69, 9.17) is 21.9 Å². The minimum Gasteiger partial charge on any atom is -0.425 e. The molecule has 0 aliphatic carbocycles. The number of esters is 1. The van der Waals surface area contributed by atoms with E-state index in [1.807, 2.05) is 24.3 Å². The molecular formula is C23H21BrN4O4. The molecule has 164 valence electrons. The van der Waals surface area contributed by atoms with Gasteiger partial charge >= 0.3 is 12.0 Å². The zero-order chi connectivity index (χ0) is 23.3. The number of anilines is 1. The molecule has 8 nitrogen and oxygen atoms in total. The highest BCUT2D eigenvalue weighted by atomic mass is 79.9. The van der Waals surface area contributed by atoms with Gasteiger partial charge < -0.3 is 27.3 Å². The molecule has 0 radical (unpaired) electrons. The van der Waals surface area contributed by atoms with E-state index in [1.54, 1.807) is 36.4 Å². The van der Waals surface area contributed by atoms with Crippen molar-refractivity contribution in [3.05, 3.63) is 70.7 Å². The van der Waals surface area contributed by atoms with E-state index in [0.717, 1.165) is 10.0 Å². The summed E-state index contributed by atoms with van der Waals surface area (Å²) in [6.07, 6.45) is -0.0203. The Labute approximate surface area is 192 Å². The fourth-order valence-electron chi connectivity index (χ4n) is 3.10. The van der Waals surface area contributed by atoms with E-state index in [9.17, 15) is 14.4 Å². The molecule has 9 heteroatoms. The van der Waals surface area contributed by atoms with Crippen molar-refractivity contribution in [2.75, 3.05) is 11.9 Å². The Kier molecular flexibility index (Phi) is 7.24. The smallest absolute Gasteiger partial charge is 0.316 e. The molecule has 0 bridgehead atoms. The maximum atomic E-state index is 12.3. The van der Waals surface area contributed by atoms with E-state index >= 15 is 0 Å². The summed E-state index contributed by atoms with van der Waals surface area (Å²) >= 11 is 3.40. The Hall–Kier alpha value is -3.69. The van der Waals surface area contributed by atoms with Crippen LogP contribution in [0.1, 0.15) is 16.8 Å². The second-order valence-corrected chi connectivity index (χ2v) is 7.77. The molecular weight excluding hydrogens is 476 g/mol. The Bertz CT molecular complexity index is 1160. The minimum atomic E-state index is -0.743. The summed E-state index contributed by atoms with van der Waals surface area (Å²) in [5, 5.41) is 2.48. The van der Waals surface area contributed by atoms with Gasteiger partial charge in [0.2, 0.25) is 0 Å². The largest absolute Gasteiger partial charge is 0.425 e. The van der Waals surface area contributed by atoms with Crippen molar-refractivity contribution in [1.29, 1.82) is 0 Å². The molecule has 3 aromatic carbocycles. The summed E-state index contributed by atoms with van der Waals surface area (Å²) in [6.45, 7) is 0.102. The van der Waals surface area contributed by atoms with Gasteiger partial charge in [0.15, 0.2) is 5.75 Å². The lowest BCUT2D eigenvalue weighted by atomic mass is 9.94. The molecule has 32 heavy (non-hydrogen) atoms. The van der Waals surface area contributed by atoms with Gasteiger partial charge in [0.1, 0.15) is 0 Å². The maximum absolute atomic E-state index is 12.3. The molecule has 0 saturated carbocycles. The highest BCUT2D eigenvalue weighted by Crippen LogP contribution is 2.38. The van der Waals surface area contributed by atoms with Gasteiger partial charge in [-0.2, -0.15) is 0 Å². The number of carbonyl (C=O) groups excluding carboxylic acids is 3. The van der Waals surface area contributed by atoms with Crippen LogP contribution in [0.4, 0.5) is 10.5 Å². The topological polar surface area (TPSA) is 151 Å². The van der Waals surface area contributed by atoms with Crippen LogP contribution in [-0.4, -0.2) is 24.5 Å². The van der Waals surface area contributed by atoms with Crippen LogP contribution in [-0.2, 0) is 4.79 Å². The fraction of sp³-hybridized carbons (Fsp3) is 0.0870. The number of nitrogens with two attached hydrogens (primary N) is 3. The van der Waals surface area contributed by atoms with Gasteiger partial charge in [0.05, 0.1) is 12.0 Å². The summed E-state index contributed by atoms with van der Waals surface area (Å²) in [5.74, 6) is -1.28. The summed E-state index contributed by atoms with van der Waals surface area (Å²) in [6, 6.07) is 16.9. The summed E-state index contributed by atoms with van der Waals surface area (Å²) in [5.41, 5.74) is 19.5. The normalized spacial score (nSPS) is 10.4. The van der Waals surface area contributed by atoms with Gasteiger partial charge in [-0.05, 0) is 53.1 Å². The van der Waals surface area contributed by atoms with Crippen LogP contribution >= 0.6 is 15.9 Å². The number of primary amides is 2. The number of urea groups is 1. The molecule has 0 fully saturated rings. The van der Waals surface area contributed by atoms with Gasteiger partial charge in [0.25, 0.3) is 5.91 Å². The fourth-order valence-corrected chi connectivity index (χ4v) is 3.37. The molecule has 0 aliphatic rings. The van der Waals surface area contributed by atoms with Gasteiger partial charge in [0, 0.05) is 22.3 Å². The number of ether oxygens (including phenoxy) is 1. The van der Waals surface area contributed by atoms with E-state index in [2.05, 4.69) is 21.2 Å². The zero-order valence-electron chi connectivity index (χ0n) is 16.9. The molecule has 0 aromatic heterocycles. The molecule has 3 aromatic rings. The first-order valence-corrected chi connectivity index (χ1v) is 10.4. The molecule has 3 rings (SSSR count). The van der Waals surface area contributed by atoms with Crippen LogP contribution in [0.15, 0.2) is 65.1 Å². The SMILES string of the molecule is NCCC(=O)Oc1c(C(N)=O)cc(-c2ccc(Br)cc2)cc1-c1ccc(NC(N)=O)cc1. The number of hydrogen-bond donors (Lipinski definition) is 4. The zero-order valence-corrected chi connectivity index (χ0v) is 18.5. The Morgan fingerprint density at radius 2 is 1.50 bits per heavy atom. The van der Waals surface area contributed by atoms with Crippen molar-refractivity contribution in [2.24, 2.45) is 17.2 Å². The average Bonchev–Trinajstić information content (AvgIpc) is 2.74. The second kappa shape index (κ2) is 10.1. The summed E-state index contributed by atoms with van der Waals surface area (Å²) in [4.78, 5) is 35.6. The van der Waals surface area contributed by atoms with Gasteiger partial charge in [-0.3, -0.25) is 9.59 Å². The molecule has 0 unspecified atom stereocenters. The number of rotatable bonds is 7. The standard InChI is InChI=1S/C23H21BrN4O4/c24-16-5-1-13(2-6-16)15-11-18(14-3-7-17(8-4-14)28-23(27)31)21(19(12-15)22(26)30)32-20(29)9-10-25/h1-8,11-12H,9-10,25H2,(H2,26,30)(H3,27,28,31). The molecule has 3 amide bonds. The summed E-state index contributed by atoms with van der Waals surface area (Å²) in [7, 11) is 0. The van der Waals surface area contributed by atoms with Crippen LogP contribution in [0, 0.1) is 0 Å². The Morgan fingerprint density at radius 1 is 0.875 bits per heavy atom. The Balaban J connectivity index is 2.19. The monoisotopic (exact) mass is 496 g/mol. The quantitative estimate of drug-likeness (QED) is 0.290. The first-order valence-electron chi connectivity index (χ1n) is 9.60. The number of halogens is 1. The van der Waals surface area contributed by atoms with Crippen LogP contribution in [0.25, 0.3) is 22.3 Å². The molecule has 7 N–H and O–H groups in total. The second-order valence-electron chi connectivity index (χ2n) is 6.85. The lowest BCUT2D eigenvalue weighted by Gasteiger charge is -2.16. The summed E-state index contributed by atoms with van der Waals surface area (Å²) < 4.78 is 6.42. The van der Waals surface area contributed by atoms with E-state index < -0.39 is 17.9 Å².